The normalized spacial score (nSPS) is 15.8. The van der Waals surface area contributed by atoms with Crippen LogP contribution in [0.4, 0.5) is 5.13 Å². The summed E-state index contributed by atoms with van der Waals surface area (Å²) in [5.41, 5.74) is 1.92. The number of hydrogen-bond donors (Lipinski definition) is 0. The standard InChI is InChI=1S/C17H19N5OS/c1-12-8-16(20-11-19-12)23-10-13-3-6-22(7-4-13)17-21-14-9-18-5-2-15(14)24-17/h2,5,8-9,11,13H,3-4,6-7,10H2,1H3. The van der Waals surface area contributed by atoms with Crippen LogP contribution >= 0.6 is 11.3 Å². The van der Waals surface area contributed by atoms with Crippen LogP contribution in [0.5, 0.6) is 5.88 Å². The van der Waals surface area contributed by atoms with Crippen molar-refractivity contribution in [3.63, 3.8) is 0 Å². The lowest BCUT2D eigenvalue weighted by Crippen LogP contribution is -2.35. The molecule has 0 bridgehead atoms. The van der Waals surface area contributed by atoms with E-state index in [2.05, 4.69) is 19.9 Å². The van der Waals surface area contributed by atoms with Crippen LogP contribution in [0.1, 0.15) is 18.5 Å². The summed E-state index contributed by atoms with van der Waals surface area (Å²) in [6, 6.07) is 3.91. The van der Waals surface area contributed by atoms with E-state index in [1.807, 2.05) is 31.5 Å². The van der Waals surface area contributed by atoms with Crippen molar-refractivity contribution in [2.45, 2.75) is 19.8 Å². The van der Waals surface area contributed by atoms with E-state index in [-0.39, 0.29) is 0 Å². The van der Waals surface area contributed by atoms with Crippen molar-refractivity contribution in [2.24, 2.45) is 5.92 Å². The van der Waals surface area contributed by atoms with Gasteiger partial charge in [0.1, 0.15) is 11.8 Å². The average molecular weight is 341 g/mol. The first-order valence-corrected chi connectivity index (χ1v) is 8.96. The van der Waals surface area contributed by atoms with Crippen LogP contribution in [-0.2, 0) is 0 Å². The summed E-state index contributed by atoms with van der Waals surface area (Å²) in [5.74, 6) is 1.23. The quantitative estimate of drug-likeness (QED) is 0.727. The van der Waals surface area contributed by atoms with Crippen molar-refractivity contribution in [3.8, 4) is 5.88 Å². The van der Waals surface area contributed by atoms with E-state index in [4.69, 9.17) is 9.72 Å². The molecular weight excluding hydrogens is 322 g/mol. The van der Waals surface area contributed by atoms with Gasteiger partial charge in [-0.1, -0.05) is 11.3 Å². The van der Waals surface area contributed by atoms with Gasteiger partial charge in [0.05, 0.1) is 17.5 Å². The molecule has 1 aliphatic rings. The fourth-order valence-electron chi connectivity index (χ4n) is 2.91. The van der Waals surface area contributed by atoms with Crippen LogP contribution in [0.3, 0.4) is 0 Å². The van der Waals surface area contributed by atoms with E-state index in [1.54, 1.807) is 17.7 Å². The number of piperidine rings is 1. The first-order chi connectivity index (χ1) is 11.8. The number of fused-ring (bicyclic) bond motifs is 1. The molecule has 0 radical (unpaired) electrons. The molecule has 0 atom stereocenters. The molecule has 4 heterocycles. The molecule has 7 heteroatoms. The molecule has 0 N–H and O–H groups in total. The number of aromatic nitrogens is 4. The second-order valence-corrected chi connectivity index (χ2v) is 7.09. The van der Waals surface area contributed by atoms with Crippen molar-refractivity contribution in [2.75, 3.05) is 24.6 Å². The van der Waals surface area contributed by atoms with Gasteiger partial charge in [-0.3, -0.25) is 4.98 Å². The Bertz CT molecular complexity index is 795. The zero-order valence-corrected chi connectivity index (χ0v) is 14.4. The molecule has 1 saturated heterocycles. The molecule has 6 nitrogen and oxygen atoms in total. The van der Waals surface area contributed by atoms with E-state index in [9.17, 15) is 0 Å². The third-order valence-electron chi connectivity index (χ3n) is 4.31. The molecule has 1 fully saturated rings. The van der Waals surface area contributed by atoms with Crippen molar-refractivity contribution < 1.29 is 4.74 Å². The Morgan fingerprint density at radius 1 is 1.29 bits per heavy atom. The molecule has 0 saturated carbocycles. The van der Waals surface area contributed by atoms with Gasteiger partial charge in [0.2, 0.25) is 5.88 Å². The Hall–Kier alpha value is -2.28. The van der Waals surface area contributed by atoms with E-state index >= 15 is 0 Å². The van der Waals surface area contributed by atoms with Crippen LogP contribution < -0.4 is 9.64 Å². The Morgan fingerprint density at radius 3 is 2.96 bits per heavy atom. The largest absolute Gasteiger partial charge is 0.477 e. The van der Waals surface area contributed by atoms with Gasteiger partial charge in [-0.05, 0) is 31.7 Å². The fourth-order valence-corrected chi connectivity index (χ4v) is 3.89. The topological polar surface area (TPSA) is 64.0 Å². The summed E-state index contributed by atoms with van der Waals surface area (Å²) in [6.45, 7) is 4.70. The molecule has 0 spiro atoms. The van der Waals surface area contributed by atoms with Gasteiger partial charge in [-0.2, -0.15) is 0 Å². The summed E-state index contributed by atoms with van der Waals surface area (Å²) in [7, 11) is 0. The van der Waals surface area contributed by atoms with Gasteiger partial charge >= 0.3 is 0 Å². The summed E-state index contributed by atoms with van der Waals surface area (Å²) in [6.07, 6.45) is 7.42. The lowest BCUT2D eigenvalue weighted by molar-refractivity contribution is 0.215. The summed E-state index contributed by atoms with van der Waals surface area (Å²) in [4.78, 5) is 19.5. The molecule has 24 heavy (non-hydrogen) atoms. The number of thiazole rings is 1. The molecule has 4 rings (SSSR count). The second kappa shape index (κ2) is 6.68. The number of anilines is 1. The number of rotatable bonds is 4. The number of hydrogen-bond acceptors (Lipinski definition) is 7. The zero-order valence-electron chi connectivity index (χ0n) is 13.6. The van der Waals surface area contributed by atoms with Gasteiger partial charge in [-0.25, -0.2) is 15.0 Å². The lowest BCUT2D eigenvalue weighted by Gasteiger charge is -2.31. The lowest BCUT2D eigenvalue weighted by atomic mass is 9.98. The van der Waals surface area contributed by atoms with Gasteiger partial charge < -0.3 is 9.64 Å². The predicted octanol–water partition coefficient (Wildman–Crippen LogP) is 3.09. The molecule has 1 aliphatic heterocycles. The first kappa shape index (κ1) is 15.3. The van der Waals surface area contributed by atoms with E-state index in [0.717, 1.165) is 42.3 Å². The third kappa shape index (κ3) is 3.31. The van der Waals surface area contributed by atoms with Crippen molar-refractivity contribution in [1.82, 2.24) is 19.9 Å². The highest BCUT2D eigenvalue weighted by Gasteiger charge is 2.22. The van der Waals surface area contributed by atoms with Gasteiger partial charge in [0.25, 0.3) is 0 Å². The van der Waals surface area contributed by atoms with Crippen LogP contribution in [0.2, 0.25) is 0 Å². The minimum absolute atomic E-state index is 0.563. The summed E-state index contributed by atoms with van der Waals surface area (Å²) in [5, 5.41) is 1.10. The number of nitrogens with zero attached hydrogens (tertiary/aromatic N) is 5. The van der Waals surface area contributed by atoms with Gasteiger partial charge in [0, 0.05) is 31.0 Å². The Kier molecular flexibility index (Phi) is 4.25. The Balaban J connectivity index is 1.33. The fraction of sp³-hybridized carbons (Fsp3) is 0.412. The monoisotopic (exact) mass is 341 g/mol. The highest BCUT2D eigenvalue weighted by molar-refractivity contribution is 7.22. The smallest absolute Gasteiger partial charge is 0.216 e. The molecule has 0 aliphatic carbocycles. The van der Waals surface area contributed by atoms with Crippen molar-refractivity contribution in [3.05, 3.63) is 36.5 Å². The number of pyridine rings is 1. The van der Waals surface area contributed by atoms with Crippen molar-refractivity contribution >= 4 is 26.7 Å². The molecular formula is C17H19N5OS. The minimum atomic E-state index is 0.563. The minimum Gasteiger partial charge on any atom is -0.477 e. The van der Waals surface area contributed by atoms with Crippen LogP contribution in [-0.4, -0.2) is 39.6 Å². The van der Waals surface area contributed by atoms with E-state index in [0.29, 0.717) is 18.4 Å². The van der Waals surface area contributed by atoms with Crippen LogP contribution in [0.15, 0.2) is 30.9 Å². The highest BCUT2D eigenvalue weighted by atomic mass is 32.1. The maximum absolute atomic E-state index is 5.82. The average Bonchev–Trinajstić information content (AvgIpc) is 3.05. The summed E-state index contributed by atoms with van der Waals surface area (Å²) >= 11 is 1.74. The van der Waals surface area contributed by atoms with Crippen LogP contribution in [0, 0.1) is 12.8 Å². The molecule has 3 aromatic heterocycles. The number of aryl methyl sites for hydroxylation is 1. The highest BCUT2D eigenvalue weighted by Crippen LogP contribution is 2.31. The second-order valence-electron chi connectivity index (χ2n) is 6.08. The first-order valence-electron chi connectivity index (χ1n) is 8.15. The summed E-state index contributed by atoms with van der Waals surface area (Å²) < 4.78 is 7.02. The zero-order chi connectivity index (χ0) is 16.4. The van der Waals surface area contributed by atoms with E-state index < -0.39 is 0 Å². The van der Waals surface area contributed by atoms with Gasteiger partial charge in [0.15, 0.2) is 5.13 Å². The molecule has 124 valence electrons. The van der Waals surface area contributed by atoms with Crippen LogP contribution in [0.25, 0.3) is 10.2 Å². The maximum Gasteiger partial charge on any atom is 0.216 e. The predicted molar refractivity (Wildman–Crippen MR) is 94.6 cm³/mol. The van der Waals surface area contributed by atoms with Gasteiger partial charge in [-0.15, -0.1) is 0 Å². The Labute approximate surface area is 144 Å². The molecule has 0 aromatic carbocycles. The van der Waals surface area contributed by atoms with E-state index in [1.165, 1.54) is 4.70 Å². The maximum atomic E-state index is 5.82. The van der Waals surface area contributed by atoms with Crippen molar-refractivity contribution in [1.29, 1.82) is 0 Å². The molecule has 0 amide bonds. The Morgan fingerprint density at radius 2 is 2.17 bits per heavy atom. The molecule has 3 aromatic rings. The molecule has 0 unspecified atom stereocenters. The third-order valence-corrected chi connectivity index (χ3v) is 5.41. The SMILES string of the molecule is Cc1cc(OCC2CCN(c3nc4cnccc4s3)CC2)ncn1. The number of ether oxygens (including phenoxy) is 1.